The van der Waals surface area contributed by atoms with Gasteiger partial charge in [0.2, 0.25) is 10.0 Å². The molecule has 0 aliphatic carbocycles. The highest BCUT2D eigenvalue weighted by atomic mass is 32.2. The number of hydrogen-bond donors (Lipinski definition) is 2. The van der Waals surface area contributed by atoms with Gasteiger partial charge in [-0.2, -0.15) is 8.78 Å². The van der Waals surface area contributed by atoms with Crippen LogP contribution in [0.3, 0.4) is 0 Å². The first kappa shape index (κ1) is 25.5. The summed E-state index contributed by atoms with van der Waals surface area (Å²) in [5, 5.41) is 2.73. The summed E-state index contributed by atoms with van der Waals surface area (Å²) in [6.45, 7) is 4.10. The minimum atomic E-state index is -3.79. The van der Waals surface area contributed by atoms with Crippen molar-refractivity contribution in [1.29, 1.82) is 0 Å². The van der Waals surface area contributed by atoms with Gasteiger partial charge in [0.1, 0.15) is 0 Å². The van der Waals surface area contributed by atoms with Crippen molar-refractivity contribution in [2.75, 3.05) is 13.7 Å². The van der Waals surface area contributed by atoms with Crippen molar-refractivity contribution in [3.63, 3.8) is 0 Å². The lowest BCUT2D eigenvalue weighted by Gasteiger charge is -2.20. The third-order valence-corrected chi connectivity index (χ3v) is 6.10. The Bertz CT molecular complexity index is 1070. The van der Waals surface area contributed by atoms with Crippen LogP contribution in [0.1, 0.15) is 42.3 Å². The van der Waals surface area contributed by atoms with E-state index < -0.39 is 28.1 Å². The van der Waals surface area contributed by atoms with Crippen LogP contribution in [-0.2, 0) is 16.4 Å². The molecule has 0 fully saturated rings. The molecule has 7 nitrogen and oxygen atoms in total. The Labute approximate surface area is 187 Å². The Morgan fingerprint density at radius 2 is 1.78 bits per heavy atom. The third kappa shape index (κ3) is 7.16. The van der Waals surface area contributed by atoms with Gasteiger partial charge in [0.25, 0.3) is 5.91 Å². The van der Waals surface area contributed by atoms with Gasteiger partial charge in [0, 0.05) is 17.6 Å². The summed E-state index contributed by atoms with van der Waals surface area (Å²) in [5.41, 5.74) is 0.842. The van der Waals surface area contributed by atoms with Crippen LogP contribution in [0.25, 0.3) is 0 Å². The van der Waals surface area contributed by atoms with Crippen molar-refractivity contribution in [2.45, 2.75) is 51.2 Å². The van der Waals surface area contributed by atoms with E-state index in [1.54, 1.807) is 39.8 Å². The van der Waals surface area contributed by atoms with Gasteiger partial charge in [-0.1, -0.05) is 12.1 Å². The summed E-state index contributed by atoms with van der Waals surface area (Å²) < 4.78 is 62.3. The van der Waals surface area contributed by atoms with E-state index in [-0.39, 0.29) is 28.5 Å². The summed E-state index contributed by atoms with van der Waals surface area (Å²) in [4.78, 5) is 12.7. The number of carbonyl (C=O) groups excluding carboxylic acids is 1. The molecule has 32 heavy (non-hydrogen) atoms. The molecular weight excluding hydrogens is 442 g/mol. The number of alkyl halides is 2. The molecule has 0 unspecified atom stereocenters. The number of methoxy groups -OCH3 is 1. The van der Waals surface area contributed by atoms with Gasteiger partial charge in [-0.15, -0.1) is 0 Å². The fourth-order valence-electron chi connectivity index (χ4n) is 2.96. The van der Waals surface area contributed by atoms with Crippen LogP contribution in [0.15, 0.2) is 41.3 Å². The molecule has 1 amide bonds. The first-order chi connectivity index (χ1) is 14.8. The van der Waals surface area contributed by atoms with Crippen LogP contribution in [-0.4, -0.2) is 40.1 Å². The van der Waals surface area contributed by atoms with Crippen LogP contribution in [0.5, 0.6) is 11.5 Å². The molecule has 0 radical (unpaired) electrons. The molecule has 2 aromatic rings. The van der Waals surface area contributed by atoms with Gasteiger partial charge < -0.3 is 14.8 Å². The average molecular weight is 471 g/mol. The van der Waals surface area contributed by atoms with E-state index in [1.165, 1.54) is 31.4 Å². The first-order valence-corrected chi connectivity index (χ1v) is 11.4. The summed E-state index contributed by atoms with van der Waals surface area (Å²) >= 11 is 0. The molecule has 10 heteroatoms. The predicted octanol–water partition coefficient (Wildman–Crippen LogP) is 3.65. The molecule has 0 saturated heterocycles. The molecule has 0 aliphatic rings. The number of nitrogens with one attached hydrogen (secondary N) is 2. The fourth-order valence-corrected chi connectivity index (χ4v) is 4.40. The number of carbonyl (C=O) groups is 1. The maximum atomic E-state index is 12.7. The minimum Gasteiger partial charge on any atom is -0.493 e. The molecule has 2 aromatic carbocycles. The zero-order valence-electron chi connectivity index (χ0n) is 18.7. The summed E-state index contributed by atoms with van der Waals surface area (Å²) in [7, 11) is -2.44. The molecular formula is C22H28F2N2O5S. The lowest BCUT2D eigenvalue weighted by Crippen LogP contribution is -2.40. The Balaban J connectivity index is 2.11. The van der Waals surface area contributed by atoms with E-state index in [0.29, 0.717) is 17.5 Å². The van der Waals surface area contributed by atoms with Crippen molar-refractivity contribution < 1.29 is 31.5 Å². The zero-order chi connectivity index (χ0) is 24.1. The third-order valence-electron chi connectivity index (χ3n) is 4.35. The standard InChI is InChI=1S/C22H28F2N2O5S/c1-14-6-8-16(32(28,29)26-22(2,3)4)13-17(14)20(27)25-11-10-15-7-9-18(30-5)19(12-15)31-21(23)24/h6-9,12-13,21,26H,10-11H2,1-5H3,(H,25,27). The van der Waals surface area contributed by atoms with Crippen LogP contribution >= 0.6 is 0 Å². The summed E-state index contributed by atoms with van der Waals surface area (Å²) in [5.74, 6) is -0.352. The molecule has 2 rings (SSSR count). The van der Waals surface area contributed by atoms with Crippen molar-refractivity contribution in [3.8, 4) is 11.5 Å². The van der Waals surface area contributed by atoms with E-state index in [2.05, 4.69) is 14.8 Å². The number of aryl methyl sites for hydroxylation is 1. The van der Waals surface area contributed by atoms with Crippen LogP contribution in [0.2, 0.25) is 0 Å². The highest BCUT2D eigenvalue weighted by Crippen LogP contribution is 2.29. The topological polar surface area (TPSA) is 93.7 Å². The average Bonchev–Trinajstić information content (AvgIpc) is 2.66. The smallest absolute Gasteiger partial charge is 0.387 e. The molecule has 176 valence electrons. The van der Waals surface area contributed by atoms with Gasteiger partial charge in [0.15, 0.2) is 11.5 Å². The number of sulfonamides is 1. The van der Waals surface area contributed by atoms with Gasteiger partial charge in [-0.3, -0.25) is 4.79 Å². The molecule has 2 N–H and O–H groups in total. The monoisotopic (exact) mass is 470 g/mol. The Hall–Kier alpha value is -2.72. The number of rotatable bonds is 9. The molecule has 0 saturated carbocycles. The second-order valence-electron chi connectivity index (χ2n) is 8.20. The maximum absolute atomic E-state index is 12.7. The van der Waals surface area contributed by atoms with Crippen molar-refractivity contribution in [3.05, 3.63) is 53.1 Å². The molecule has 0 bridgehead atoms. The Morgan fingerprint density at radius 3 is 2.38 bits per heavy atom. The number of hydrogen-bond acceptors (Lipinski definition) is 5. The number of halogens is 2. The minimum absolute atomic E-state index is 0.00730. The van der Waals surface area contributed by atoms with Gasteiger partial charge in [0.05, 0.1) is 12.0 Å². The Kier molecular flexibility index (Phi) is 8.19. The lowest BCUT2D eigenvalue weighted by atomic mass is 10.1. The van der Waals surface area contributed by atoms with Crippen LogP contribution in [0.4, 0.5) is 8.78 Å². The van der Waals surface area contributed by atoms with Gasteiger partial charge >= 0.3 is 6.61 Å². The van der Waals surface area contributed by atoms with Gasteiger partial charge in [-0.25, -0.2) is 13.1 Å². The van der Waals surface area contributed by atoms with E-state index in [0.717, 1.165) is 0 Å². The summed E-state index contributed by atoms with van der Waals surface area (Å²) in [6.07, 6.45) is 0.345. The number of amides is 1. The second kappa shape index (κ2) is 10.3. The summed E-state index contributed by atoms with van der Waals surface area (Å²) in [6, 6.07) is 8.97. The largest absolute Gasteiger partial charge is 0.493 e. The van der Waals surface area contributed by atoms with Crippen molar-refractivity contribution in [1.82, 2.24) is 10.0 Å². The number of benzene rings is 2. The normalized spacial score (nSPS) is 12.0. The van der Waals surface area contributed by atoms with Crippen LogP contribution in [0, 0.1) is 6.92 Å². The highest BCUT2D eigenvalue weighted by molar-refractivity contribution is 7.89. The number of ether oxygens (including phenoxy) is 2. The van der Waals surface area contributed by atoms with E-state index in [9.17, 15) is 22.0 Å². The van der Waals surface area contributed by atoms with E-state index >= 15 is 0 Å². The second-order valence-corrected chi connectivity index (χ2v) is 9.88. The highest BCUT2D eigenvalue weighted by Gasteiger charge is 2.23. The molecule has 0 aliphatic heterocycles. The maximum Gasteiger partial charge on any atom is 0.387 e. The van der Waals surface area contributed by atoms with Gasteiger partial charge in [-0.05, 0) is 69.5 Å². The molecule has 0 aromatic heterocycles. The van der Waals surface area contributed by atoms with E-state index in [4.69, 9.17) is 4.74 Å². The SMILES string of the molecule is COc1ccc(CCNC(=O)c2cc(S(=O)(=O)NC(C)(C)C)ccc2C)cc1OC(F)F. The molecule has 0 heterocycles. The quantitative estimate of drug-likeness (QED) is 0.584. The zero-order valence-corrected chi connectivity index (χ0v) is 19.5. The van der Waals surface area contributed by atoms with E-state index in [1.807, 2.05) is 0 Å². The Morgan fingerprint density at radius 1 is 1.09 bits per heavy atom. The molecule has 0 spiro atoms. The van der Waals surface area contributed by atoms with Crippen molar-refractivity contribution >= 4 is 15.9 Å². The van der Waals surface area contributed by atoms with Crippen LogP contribution < -0.4 is 19.5 Å². The van der Waals surface area contributed by atoms with Crippen molar-refractivity contribution in [2.24, 2.45) is 0 Å². The fraction of sp³-hybridized carbons (Fsp3) is 0.409. The molecule has 0 atom stereocenters. The first-order valence-electron chi connectivity index (χ1n) is 9.87. The lowest BCUT2D eigenvalue weighted by molar-refractivity contribution is -0.0512. The predicted molar refractivity (Wildman–Crippen MR) is 117 cm³/mol.